The highest BCUT2D eigenvalue weighted by Crippen LogP contribution is 2.41. The molecule has 1 saturated carbocycles. The summed E-state index contributed by atoms with van der Waals surface area (Å²) < 4.78 is 13.6. The zero-order chi connectivity index (χ0) is 14.9. The Hall–Kier alpha value is -0.640. The first kappa shape index (κ1) is 15.3. The van der Waals surface area contributed by atoms with Crippen LogP contribution >= 0.6 is 11.6 Å². The van der Waals surface area contributed by atoms with Crippen LogP contribution < -0.4 is 0 Å². The molecule has 1 unspecified atom stereocenters. The molecule has 1 heterocycles. The van der Waals surface area contributed by atoms with E-state index < -0.39 is 11.9 Å². The van der Waals surface area contributed by atoms with Crippen molar-refractivity contribution in [1.82, 2.24) is 4.90 Å². The van der Waals surface area contributed by atoms with E-state index in [9.17, 15) is 9.50 Å². The Morgan fingerprint density at radius 1 is 1.19 bits per heavy atom. The summed E-state index contributed by atoms with van der Waals surface area (Å²) in [6.07, 6.45) is 7.01. The van der Waals surface area contributed by atoms with Gasteiger partial charge in [-0.1, -0.05) is 30.5 Å². The summed E-state index contributed by atoms with van der Waals surface area (Å²) in [7, 11) is 0. The van der Waals surface area contributed by atoms with Crippen LogP contribution in [-0.2, 0) is 6.42 Å². The first-order valence-electron chi connectivity index (χ1n) is 7.99. The van der Waals surface area contributed by atoms with Crippen LogP contribution in [0.1, 0.15) is 44.1 Å². The smallest absolute Gasteiger partial charge is 0.142 e. The van der Waals surface area contributed by atoms with Gasteiger partial charge in [0.25, 0.3) is 0 Å². The van der Waals surface area contributed by atoms with Gasteiger partial charge in [0, 0.05) is 12.0 Å². The second-order valence-electron chi connectivity index (χ2n) is 6.47. The van der Waals surface area contributed by atoms with Gasteiger partial charge in [0.05, 0.1) is 11.1 Å². The number of likely N-dealkylation sites (tertiary alicyclic amines) is 1. The molecule has 1 aromatic carbocycles. The van der Waals surface area contributed by atoms with E-state index in [-0.39, 0.29) is 10.6 Å². The van der Waals surface area contributed by atoms with Crippen LogP contribution in [0.15, 0.2) is 18.2 Å². The van der Waals surface area contributed by atoms with Gasteiger partial charge in [-0.15, -0.1) is 0 Å². The van der Waals surface area contributed by atoms with E-state index in [2.05, 4.69) is 4.90 Å². The number of aliphatic hydroxyl groups is 1. The lowest BCUT2D eigenvalue weighted by atomic mass is 9.85. The number of hydrogen-bond acceptors (Lipinski definition) is 2. The molecule has 1 aliphatic heterocycles. The minimum Gasteiger partial charge on any atom is -0.391 e. The summed E-state index contributed by atoms with van der Waals surface area (Å²) in [6, 6.07) is 4.86. The average molecular weight is 312 g/mol. The van der Waals surface area contributed by atoms with Gasteiger partial charge in [0.1, 0.15) is 5.82 Å². The lowest BCUT2D eigenvalue weighted by Crippen LogP contribution is -2.54. The van der Waals surface area contributed by atoms with E-state index in [0.29, 0.717) is 6.42 Å². The fourth-order valence-electron chi connectivity index (χ4n) is 4.09. The molecule has 2 fully saturated rings. The quantitative estimate of drug-likeness (QED) is 0.914. The Morgan fingerprint density at radius 3 is 2.48 bits per heavy atom. The van der Waals surface area contributed by atoms with Crippen molar-refractivity contribution in [3.05, 3.63) is 34.6 Å². The van der Waals surface area contributed by atoms with Crippen molar-refractivity contribution in [2.75, 3.05) is 13.1 Å². The second kappa shape index (κ2) is 6.23. The molecule has 1 aromatic rings. The number of rotatable bonds is 4. The maximum Gasteiger partial charge on any atom is 0.142 e. The molecule has 1 saturated heterocycles. The van der Waals surface area contributed by atoms with Gasteiger partial charge >= 0.3 is 0 Å². The molecular weight excluding hydrogens is 289 g/mol. The summed E-state index contributed by atoms with van der Waals surface area (Å²) in [5.74, 6) is -0.400. The molecule has 0 radical (unpaired) electrons. The van der Waals surface area contributed by atoms with Crippen LogP contribution in [0.5, 0.6) is 0 Å². The molecule has 1 N–H and O–H groups in total. The first-order chi connectivity index (χ1) is 10.1. The van der Waals surface area contributed by atoms with Gasteiger partial charge < -0.3 is 5.11 Å². The molecule has 0 spiro atoms. The number of aliphatic hydroxyl groups excluding tert-OH is 1. The lowest BCUT2D eigenvalue weighted by Gasteiger charge is -2.42. The minimum absolute atomic E-state index is 0.0907. The number of hydrogen-bond donors (Lipinski definition) is 1. The molecule has 116 valence electrons. The van der Waals surface area contributed by atoms with Crippen molar-refractivity contribution < 1.29 is 9.50 Å². The van der Waals surface area contributed by atoms with Crippen LogP contribution in [0.2, 0.25) is 5.02 Å². The Labute approximate surface area is 130 Å². The summed E-state index contributed by atoms with van der Waals surface area (Å²) in [6.45, 7) is 2.18. The molecule has 0 aromatic heterocycles. The van der Waals surface area contributed by atoms with Crippen molar-refractivity contribution in [1.29, 1.82) is 0 Å². The standard InChI is InChI=1S/C17H23ClFNO/c18-14-6-5-13(11-15(14)19)12-16(21)17(7-1-2-8-17)20-9-3-4-10-20/h5-6,11,16,21H,1-4,7-10,12H2. The zero-order valence-electron chi connectivity index (χ0n) is 12.3. The van der Waals surface area contributed by atoms with Crippen LogP contribution in [0.25, 0.3) is 0 Å². The third kappa shape index (κ3) is 2.96. The topological polar surface area (TPSA) is 23.5 Å². The van der Waals surface area contributed by atoms with Crippen LogP contribution in [0, 0.1) is 5.82 Å². The highest BCUT2D eigenvalue weighted by molar-refractivity contribution is 6.30. The molecule has 3 rings (SSSR count). The number of benzene rings is 1. The molecule has 0 amide bonds. The van der Waals surface area contributed by atoms with Crippen LogP contribution in [0.4, 0.5) is 4.39 Å². The summed E-state index contributed by atoms with van der Waals surface area (Å²) in [5.41, 5.74) is 0.738. The Bertz CT molecular complexity index is 496. The van der Waals surface area contributed by atoms with Gasteiger partial charge in [-0.2, -0.15) is 0 Å². The fourth-order valence-corrected chi connectivity index (χ4v) is 4.21. The molecule has 21 heavy (non-hydrogen) atoms. The Kier molecular flexibility index (Phi) is 4.53. The zero-order valence-corrected chi connectivity index (χ0v) is 13.1. The molecule has 2 nitrogen and oxygen atoms in total. The first-order valence-corrected chi connectivity index (χ1v) is 8.37. The van der Waals surface area contributed by atoms with Gasteiger partial charge in [0.2, 0.25) is 0 Å². The van der Waals surface area contributed by atoms with Crippen molar-refractivity contribution >= 4 is 11.6 Å². The number of nitrogens with zero attached hydrogens (tertiary/aromatic N) is 1. The van der Waals surface area contributed by atoms with Crippen molar-refractivity contribution in [3.8, 4) is 0 Å². The van der Waals surface area contributed by atoms with Crippen LogP contribution in [-0.4, -0.2) is 34.7 Å². The monoisotopic (exact) mass is 311 g/mol. The fraction of sp³-hybridized carbons (Fsp3) is 0.647. The molecule has 1 atom stereocenters. The van der Waals surface area contributed by atoms with Gasteiger partial charge in [-0.25, -0.2) is 4.39 Å². The highest BCUT2D eigenvalue weighted by Gasteiger charge is 2.45. The minimum atomic E-state index is -0.432. The highest BCUT2D eigenvalue weighted by atomic mass is 35.5. The summed E-state index contributed by atoms with van der Waals surface area (Å²) >= 11 is 5.73. The largest absolute Gasteiger partial charge is 0.391 e. The molecule has 1 aliphatic carbocycles. The normalized spacial score (nSPS) is 23.6. The third-order valence-electron chi connectivity index (χ3n) is 5.24. The van der Waals surface area contributed by atoms with Crippen molar-refractivity contribution in [2.24, 2.45) is 0 Å². The maximum absolute atomic E-state index is 13.6. The maximum atomic E-state index is 13.6. The molecule has 2 aliphatic rings. The van der Waals surface area contributed by atoms with E-state index in [1.54, 1.807) is 6.07 Å². The predicted octanol–water partition coefficient (Wildman–Crippen LogP) is 3.79. The molecular formula is C17H23ClFNO. The molecule has 4 heteroatoms. The number of halogens is 2. The second-order valence-corrected chi connectivity index (χ2v) is 6.88. The van der Waals surface area contributed by atoms with Gasteiger partial charge in [-0.3, -0.25) is 4.90 Å². The van der Waals surface area contributed by atoms with E-state index >= 15 is 0 Å². The van der Waals surface area contributed by atoms with Crippen molar-refractivity contribution in [2.45, 2.75) is 56.6 Å². The lowest BCUT2D eigenvalue weighted by molar-refractivity contribution is -0.0172. The Morgan fingerprint density at radius 2 is 1.86 bits per heavy atom. The van der Waals surface area contributed by atoms with Crippen LogP contribution in [0.3, 0.4) is 0 Å². The van der Waals surface area contributed by atoms with E-state index in [0.717, 1.165) is 31.5 Å². The van der Waals surface area contributed by atoms with Crippen molar-refractivity contribution in [3.63, 3.8) is 0 Å². The van der Waals surface area contributed by atoms with Gasteiger partial charge in [0.15, 0.2) is 0 Å². The Balaban J connectivity index is 1.77. The summed E-state index contributed by atoms with van der Waals surface area (Å²) in [4.78, 5) is 2.48. The SMILES string of the molecule is OC(Cc1ccc(Cl)c(F)c1)C1(N2CCCC2)CCCC1. The van der Waals surface area contributed by atoms with E-state index in [1.807, 2.05) is 6.07 Å². The molecule has 0 bridgehead atoms. The predicted molar refractivity (Wildman–Crippen MR) is 83.1 cm³/mol. The summed E-state index contributed by atoms with van der Waals surface area (Å²) in [5, 5.41) is 11.0. The van der Waals surface area contributed by atoms with Gasteiger partial charge in [-0.05, 0) is 56.5 Å². The average Bonchev–Trinajstić information content (AvgIpc) is 3.13. The van der Waals surface area contributed by atoms with E-state index in [1.165, 1.54) is 31.7 Å². The third-order valence-corrected chi connectivity index (χ3v) is 5.55. The van der Waals surface area contributed by atoms with E-state index in [4.69, 9.17) is 11.6 Å².